The maximum absolute atomic E-state index is 4.71. The zero-order valence-corrected chi connectivity index (χ0v) is 12.6. The van der Waals surface area contributed by atoms with E-state index in [1.54, 1.807) is 0 Å². The number of allylic oxidation sites excluding steroid dienone is 1. The molecule has 1 rings (SSSR count). The SMILES string of the molecule is Cc1nc(CCC(C)C)c(C)nc1/C=C/C(C)C. The van der Waals surface area contributed by atoms with Crippen LogP contribution < -0.4 is 0 Å². The molecule has 0 aliphatic rings. The summed E-state index contributed by atoms with van der Waals surface area (Å²) in [5.41, 5.74) is 4.28. The average molecular weight is 246 g/mol. The first-order valence-electron chi connectivity index (χ1n) is 6.92. The maximum atomic E-state index is 4.71. The van der Waals surface area contributed by atoms with Crippen LogP contribution in [-0.4, -0.2) is 9.97 Å². The predicted molar refractivity (Wildman–Crippen MR) is 78.5 cm³/mol. The molecule has 0 bridgehead atoms. The summed E-state index contributed by atoms with van der Waals surface area (Å²) in [4.78, 5) is 9.38. The summed E-state index contributed by atoms with van der Waals surface area (Å²) in [6.45, 7) is 12.9. The van der Waals surface area contributed by atoms with Gasteiger partial charge in [0.15, 0.2) is 0 Å². The minimum atomic E-state index is 0.548. The second-order valence-corrected chi connectivity index (χ2v) is 5.76. The molecule has 18 heavy (non-hydrogen) atoms. The quantitative estimate of drug-likeness (QED) is 0.772. The fourth-order valence-corrected chi connectivity index (χ4v) is 1.77. The van der Waals surface area contributed by atoms with Crippen molar-refractivity contribution in [3.8, 4) is 0 Å². The van der Waals surface area contributed by atoms with E-state index >= 15 is 0 Å². The van der Waals surface area contributed by atoms with Gasteiger partial charge in [-0.15, -0.1) is 0 Å². The van der Waals surface area contributed by atoms with Gasteiger partial charge in [-0.05, 0) is 44.6 Å². The Labute approximate surface area is 112 Å². The molecule has 0 amide bonds. The Bertz CT molecular complexity index is 417. The number of hydrogen-bond acceptors (Lipinski definition) is 2. The number of aromatic nitrogens is 2. The lowest BCUT2D eigenvalue weighted by Gasteiger charge is -2.09. The smallest absolute Gasteiger partial charge is 0.0842 e. The lowest BCUT2D eigenvalue weighted by atomic mass is 10.0. The van der Waals surface area contributed by atoms with Crippen molar-refractivity contribution in [1.82, 2.24) is 9.97 Å². The highest BCUT2D eigenvalue weighted by atomic mass is 14.8. The summed E-state index contributed by atoms with van der Waals surface area (Å²) < 4.78 is 0. The van der Waals surface area contributed by atoms with Gasteiger partial charge in [0.25, 0.3) is 0 Å². The Kier molecular flexibility index (Phi) is 5.52. The fraction of sp³-hybridized carbons (Fsp3) is 0.625. The van der Waals surface area contributed by atoms with Crippen molar-refractivity contribution in [3.63, 3.8) is 0 Å². The van der Waals surface area contributed by atoms with E-state index in [0.29, 0.717) is 11.8 Å². The zero-order valence-electron chi connectivity index (χ0n) is 12.6. The van der Waals surface area contributed by atoms with E-state index in [1.165, 1.54) is 6.42 Å². The number of rotatable bonds is 5. The molecule has 0 aliphatic carbocycles. The number of nitrogens with zero attached hydrogens (tertiary/aromatic N) is 2. The van der Waals surface area contributed by atoms with Crippen molar-refractivity contribution in [3.05, 3.63) is 28.9 Å². The van der Waals surface area contributed by atoms with Crippen molar-refractivity contribution in [2.24, 2.45) is 11.8 Å². The molecule has 1 aromatic rings. The minimum absolute atomic E-state index is 0.548. The summed E-state index contributed by atoms with van der Waals surface area (Å²) in [5.74, 6) is 1.26. The normalized spacial score (nSPS) is 12.0. The third kappa shape index (κ3) is 4.59. The molecule has 1 aromatic heterocycles. The van der Waals surface area contributed by atoms with Crippen LogP contribution >= 0.6 is 0 Å². The first-order valence-corrected chi connectivity index (χ1v) is 6.92. The third-order valence-corrected chi connectivity index (χ3v) is 2.98. The van der Waals surface area contributed by atoms with Crippen LogP contribution in [0.5, 0.6) is 0 Å². The minimum Gasteiger partial charge on any atom is -0.254 e. The average Bonchev–Trinajstić information content (AvgIpc) is 2.27. The van der Waals surface area contributed by atoms with Crippen LogP contribution in [0.4, 0.5) is 0 Å². The van der Waals surface area contributed by atoms with Crippen LogP contribution in [-0.2, 0) is 6.42 Å². The van der Waals surface area contributed by atoms with E-state index in [2.05, 4.69) is 51.8 Å². The molecule has 0 fully saturated rings. The van der Waals surface area contributed by atoms with Gasteiger partial charge in [-0.25, -0.2) is 4.98 Å². The Morgan fingerprint density at radius 1 is 1.00 bits per heavy atom. The summed E-state index contributed by atoms with van der Waals surface area (Å²) in [6.07, 6.45) is 6.47. The molecule has 2 nitrogen and oxygen atoms in total. The molecule has 0 aromatic carbocycles. The second-order valence-electron chi connectivity index (χ2n) is 5.76. The van der Waals surface area contributed by atoms with E-state index in [1.807, 2.05) is 6.92 Å². The van der Waals surface area contributed by atoms with Crippen LogP contribution in [0.1, 0.15) is 56.9 Å². The molecule has 0 saturated heterocycles. The lowest BCUT2D eigenvalue weighted by Crippen LogP contribution is -2.04. The van der Waals surface area contributed by atoms with Crippen molar-refractivity contribution in [2.45, 2.75) is 54.4 Å². The van der Waals surface area contributed by atoms with E-state index in [9.17, 15) is 0 Å². The monoisotopic (exact) mass is 246 g/mol. The topological polar surface area (TPSA) is 25.8 Å². The van der Waals surface area contributed by atoms with Crippen LogP contribution in [0.3, 0.4) is 0 Å². The van der Waals surface area contributed by atoms with Gasteiger partial charge < -0.3 is 0 Å². The highest BCUT2D eigenvalue weighted by Gasteiger charge is 2.07. The van der Waals surface area contributed by atoms with Gasteiger partial charge in [0.1, 0.15) is 0 Å². The van der Waals surface area contributed by atoms with E-state index in [4.69, 9.17) is 4.98 Å². The molecule has 0 radical (unpaired) electrons. The van der Waals surface area contributed by atoms with Crippen molar-refractivity contribution < 1.29 is 0 Å². The predicted octanol–water partition coefficient (Wildman–Crippen LogP) is 4.35. The molecule has 0 spiro atoms. The molecule has 0 N–H and O–H groups in total. The van der Waals surface area contributed by atoms with Gasteiger partial charge in [0, 0.05) is 0 Å². The Morgan fingerprint density at radius 3 is 2.22 bits per heavy atom. The van der Waals surface area contributed by atoms with Gasteiger partial charge in [0.05, 0.1) is 22.8 Å². The largest absolute Gasteiger partial charge is 0.254 e. The number of hydrogen-bond donors (Lipinski definition) is 0. The van der Waals surface area contributed by atoms with Crippen molar-refractivity contribution >= 4 is 6.08 Å². The van der Waals surface area contributed by atoms with Crippen LogP contribution in [0.15, 0.2) is 6.08 Å². The molecule has 0 unspecified atom stereocenters. The highest BCUT2D eigenvalue weighted by Crippen LogP contribution is 2.14. The number of aryl methyl sites for hydroxylation is 3. The highest BCUT2D eigenvalue weighted by molar-refractivity contribution is 5.47. The fourth-order valence-electron chi connectivity index (χ4n) is 1.77. The van der Waals surface area contributed by atoms with Gasteiger partial charge in [-0.1, -0.05) is 33.8 Å². The summed E-state index contributed by atoms with van der Waals surface area (Å²) in [7, 11) is 0. The van der Waals surface area contributed by atoms with Crippen LogP contribution in [0.2, 0.25) is 0 Å². The zero-order chi connectivity index (χ0) is 13.7. The third-order valence-electron chi connectivity index (χ3n) is 2.98. The molecule has 100 valence electrons. The standard InChI is InChI=1S/C16H26N2/c1-11(2)7-9-15-13(5)18-16(14(6)17-15)10-8-12(3)4/h7,9,11-12H,8,10H2,1-6H3/b9-7+. The second kappa shape index (κ2) is 6.67. The molecular weight excluding hydrogens is 220 g/mol. The van der Waals surface area contributed by atoms with Gasteiger partial charge in [-0.2, -0.15) is 0 Å². The van der Waals surface area contributed by atoms with Crippen LogP contribution in [0, 0.1) is 25.7 Å². The van der Waals surface area contributed by atoms with E-state index in [-0.39, 0.29) is 0 Å². The molecule has 0 atom stereocenters. The van der Waals surface area contributed by atoms with Crippen molar-refractivity contribution in [2.75, 3.05) is 0 Å². The Morgan fingerprint density at radius 2 is 1.67 bits per heavy atom. The molecule has 0 aliphatic heterocycles. The molecular formula is C16H26N2. The maximum Gasteiger partial charge on any atom is 0.0842 e. The summed E-state index contributed by atoms with van der Waals surface area (Å²) in [5, 5.41) is 0. The first-order chi connectivity index (χ1) is 8.40. The first kappa shape index (κ1) is 14.9. The van der Waals surface area contributed by atoms with Crippen LogP contribution in [0.25, 0.3) is 6.08 Å². The lowest BCUT2D eigenvalue weighted by molar-refractivity contribution is 0.578. The molecule has 1 heterocycles. The summed E-state index contributed by atoms with van der Waals surface area (Å²) in [6, 6.07) is 0. The molecule has 2 heteroatoms. The Balaban J connectivity index is 2.90. The van der Waals surface area contributed by atoms with Gasteiger partial charge in [0.2, 0.25) is 0 Å². The molecule has 0 saturated carbocycles. The van der Waals surface area contributed by atoms with Crippen molar-refractivity contribution in [1.29, 1.82) is 0 Å². The van der Waals surface area contributed by atoms with Gasteiger partial charge >= 0.3 is 0 Å². The van der Waals surface area contributed by atoms with E-state index in [0.717, 1.165) is 29.2 Å². The van der Waals surface area contributed by atoms with Gasteiger partial charge in [-0.3, -0.25) is 4.98 Å². The van der Waals surface area contributed by atoms with E-state index < -0.39 is 0 Å². The summed E-state index contributed by atoms with van der Waals surface area (Å²) >= 11 is 0. The Hall–Kier alpha value is -1.18.